The van der Waals surface area contributed by atoms with Crippen LogP contribution in [0.5, 0.6) is 5.75 Å². The number of para-hydroxylation sites is 2. The molecular formula is C14H19F3N2O. The maximum absolute atomic E-state index is 12.2. The number of hydrogen-bond acceptors (Lipinski definition) is 3. The maximum Gasteiger partial charge on any atom is 0.392 e. The van der Waals surface area contributed by atoms with E-state index in [4.69, 9.17) is 4.74 Å². The molecule has 1 aromatic rings. The Kier molecular flexibility index (Phi) is 5.11. The topological polar surface area (TPSA) is 24.5 Å². The number of anilines is 1. The number of nitrogens with zero attached hydrogens (tertiary/aromatic N) is 1. The quantitative estimate of drug-likeness (QED) is 0.922. The molecule has 1 heterocycles. The highest BCUT2D eigenvalue weighted by molar-refractivity contribution is 5.58. The molecule has 0 bridgehead atoms. The molecule has 0 radical (unpaired) electrons. The molecule has 6 heteroatoms. The minimum absolute atomic E-state index is 0.341. The molecule has 20 heavy (non-hydrogen) atoms. The van der Waals surface area contributed by atoms with E-state index in [0.717, 1.165) is 38.3 Å². The van der Waals surface area contributed by atoms with Crippen molar-refractivity contribution in [1.82, 2.24) is 5.32 Å². The van der Waals surface area contributed by atoms with Crippen molar-refractivity contribution in [3.63, 3.8) is 0 Å². The van der Waals surface area contributed by atoms with Gasteiger partial charge in [-0.3, -0.25) is 0 Å². The molecular weight excluding hydrogens is 269 g/mol. The Morgan fingerprint density at radius 3 is 2.75 bits per heavy atom. The average molecular weight is 288 g/mol. The molecule has 112 valence electrons. The van der Waals surface area contributed by atoms with Crippen LogP contribution in [0.25, 0.3) is 0 Å². The standard InChI is InChI=1S/C14H19F3N2O/c15-14(16,17)6-11-20-13-5-2-1-4-12(13)19-9-3-7-18-8-10-19/h1-2,4-5,18H,3,6-11H2. The van der Waals surface area contributed by atoms with Gasteiger partial charge < -0.3 is 15.0 Å². The van der Waals surface area contributed by atoms with Crippen molar-refractivity contribution in [3.8, 4) is 5.75 Å². The zero-order valence-corrected chi connectivity index (χ0v) is 11.2. The van der Waals surface area contributed by atoms with Gasteiger partial charge >= 0.3 is 6.18 Å². The summed E-state index contributed by atoms with van der Waals surface area (Å²) in [5.41, 5.74) is 0.873. The van der Waals surface area contributed by atoms with Gasteiger partial charge in [0.2, 0.25) is 0 Å². The van der Waals surface area contributed by atoms with Gasteiger partial charge in [-0.2, -0.15) is 13.2 Å². The predicted octanol–water partition coefficient (Wildman–Crippen LogP) is 2.82. The highest BCUT2D eigenvalue weighted by Crippen LogP contribution is 2.29. The van der Waals surface area contributed by atoms with E-state index in [1.165, 1.54) is 0 Å². The van der Waals surface area contributed by atoms with Crippen molar-refractivity contribution in [2.45, 2.75) is 19.0 Å². The van der Waals surface area contributed by atoms with Crippen LogP contribution in [0.4, 0.5) is 18.9 Å². The molecule has 1 aliphatic heterocycles. The largest absolute Gasteiger partial charge is 0.491 e. The lowest BCUT2D eigenvalue weighted by Crippen LogP contribution is -2.28. The minimum atomic E-state index is -4.18. The van der Waals surface area contributed by atoms with Crippen LogP contribution in [0.15, 0.2) is 24.3 Å². The van der Waals surface area contributed by atoms with Crippen molar-refractivity contribution >= 4 is 5.69 Å². The van der Waals surface area contributed by atoms with Crippen LogP contribution in [0.1, 0.15) is 12.8 Å². The van der Waals surface area contributed by atoms with E-state index in [-0.39, 0.29) is 6.61 Å². The summed E-state index contributed by atoms with van der Waals surface area (Å²) in [5.74, 6) is 0.527. The molecule has 1 saturated heterocycles. The molecule has 1 aliphatic rings. The van der Waals surface area contributed by atoms with Gasteiger partial charge in [0.05, 0.1) is 18.7 Å². The lowest BCUT2D eigenvalue weighted by molar-refractivity contribution is -0.139. The minimum Gasteiger partial charge on any atom is -0.491 e. The first-order valence-electron chi connectivity index (χ1n) is 6.80. The number of hydrogen-bond donors (Lipinski definition) is 1. The first kappa shape index (κ1) is 15.0. The summed E-state index contributed by atoms with van der Waals surface area (Å²) in [6.45, 7) is 3.21. The Morgan fingerprint density at radius 2 is 1.95 bits per heavy atom. The van der Waals surface area contributed by atoms with Gasteiger partial charge in [0.15, 0.2) is 0 Å². The summed E-state index contributed by atoms with van der Waals surface area (Å²) in [4.78, 5) is 2.16. The summed E-state index contributed by atoms with van der Waals surface area (Å²) < 4.78 is 41.8. The number of ether oxygens (including phenoxy) is 1. The first-order chi connectivity index (χ1) is 9.56. The molecule has 0 saturated carbocycles. The second-order valence-corrected chi connectivity index (χ2v) is 4.77. The summed E-state index contributed by atoms with van der Waals surface area (Å²) in [6.07, 6.45) is -4.10. The van der Waals surface area contributed by atoms with Crippen LogP contribution in [0.3, 0.4) is 0 Å². The third-order valence-corrected chi connectivity index (χ3v) is 3.19. The highest BCUT2D eigenvalue weighted by Gasteiger charge is 2.27. The van der Waals surface area contributed by atoms with Gasteiger partial charge in [-0.1, -0.05) is 12.1 Å². The highest BCUT2D eigenvalue weighted by atomic mass is 19.4. The van der Waals surface area contributed by atoms with Crippen LogP contribution in [0.2, 0.25) is 0 Å². The van der Waals surface area contributed by atoms with Gasteiger partial charge in [-0.15, -0.1) is 0 Å². The zero-order valence-electron chi connectivity index (χ0n) is 11.2. The SMILES string of the molecule is FC(F)(F)CCOc1ccccc1N1CCCNCC1. The lowest BCUT2D eigenvalue weighted by Gasteiger charge is -2.25. The van der Waals surface area contributed by atoms with Crippen molar-refractivity contribution in [2.24, 2.45) is 0 Å². The summed E-state index contributed by atoms with van der Waals surface area (Å²) in [7, 11) is 0. The van der Waals surface area contributed by atoms with Gasteiger partial charge in [0.1, 0.15) is 5.75 Å². The molecule has 0 aliphatic carbocycles. The smallest absolute Gasteiger partial charge is 0.392 e. The molecule has 3 nitrogen and oxygen atoms in total. The normalized spacial score (nSPS) is 16.9. The molecule has 0 atom stereocenters. The Labute approximate surface area is 116 Å². The Morgan fingerprint density at radius 1 is 1.15 bits per heavy atom. The maximum atomic E-state index is 12.2. The molecule has 1 aromatic carbocycles. The molecule has 1 N–H and O–H groups in total. The first-order valence-corrected chi connectivity index (χ1v) is 6.80. The fraction of sp³-hybridized carbons (Fsp3) is 0.571. The number of halogens is 3. The van der Waals surface area contributed by atoms with E-state index in [1.54, 1.807) is 12.1 Å². The van der Waals surface area contributed by atoms with Gasteiger partial charge in [-0.25, -0.2) is 0 Å². The van der Waals surface area contributed by atoms with Gasteiger partial charge in [0, 0.05) is 19.6 Å². The van der Waals surface area contributed by atoms with E-state index in [0.29, 0.717) is 5.75 Å². The monoisotopic (exact) mass is 288 g/mol. The van der Waals surface area contributed by atoms with Crippen molar-refractivity contribution in [3.05, 3.63) is 24.3 Å². The molecule has 0 spiro atoms. The van der Waals surface area contributed by atoms with Gasteiger partial charge in [-0.05, 0) is 25.1 Å². The second-order valence-electron chi connectivity index (χ2n) is 4.77. The van der Waals surface area contributed by atoms with Crippen molar-refractivity contribution < 1.29 is 17.9 Å². The molecule has 1 fully saturated rings. The number of benzene rings is 1. The van der Waals surface area contributed by atoms with E-state index in [2.05, 4.69) is 10.2 Å². The van der Waals surface area contributed by atoms with E-state index < -0.39 is 12.6 Å². The van der Waals surface area contributed by atoms with E-state index >= 15 is 0 Å². The van der Waals surface area contributed by atoms with Crippen molar-refractivity contribution in [2.75, 3.05) is 37.7 Å². The third kappa shape index (κ3) is 4.59. The van der Waals surface area contributed by atoms with Gasteiger partial charge in [0.25, 0.3) is 0 Å². The molecule has 0 aromatic heterocycles. The van der Waals surface area contributed by atoms with E-state index in [1.807, 2.05) is 12.1 Å². The lowest BCUT2D eigenvalue weighted by atomic mass is 10.2. The molecule has 0 amide bonds. The van der Waals surface area contributed by atoms with Crippen LogP contribution in [-0.4, -0.2) is 39.0 Å². The number of nitrogens with one attached hydrogen (secondary N) is 1. The summed E-state index contributed by atoms with van der Waals surface area (Å²) in [6, 6.07) is 7.28. The molecule has 2 rings (SSSR count). The van der Waals surface area contributed by atoms with Crippen LogP contribution >= 0.6 is 0 Å². The summed E-state index contributed by atoms with van der Waals surface area (Å²) >= 11 is 0. The fourth-order valence-corrected chi connectivity index (χ4v) is 2.20. The predicted molar refractivity (Wildman–Crippen MR) is 72.3 cm³/mol. The molecule has 0 unspecified atom stereocenters. The van der Waals surface area contributed by atoms with Crippen LogP contribution in [0, 0.1) is 0 Å². The van der Waals surface area contributed by atoms with Crippen LogP contribution < -0.4 is 15.0 Å². The Bertz CT molecular complexity index is 415. The number of rotatable bonds is 4. The average Bonchev–Trinajstić information content (AvgIpc) is 2.66. The second kappa shape index (κ2) is 6.83. The van der Waals surface area contributed by atoms with E-state index in [9.17, 15) is 13.2 Å². The zero-order chi connectivity index (χ0) is 14.4. The van der Waals surface area contributed by atoms with Crippen LogP contribution in [-0.2, 0) is 0 Å². The summed E-state index contributed by atoms with van der Waals surface area (Å²) in [5, 5.41) is 3.30. The number of alkyl halides is 3. The van der Waals surface area contributed by atoms with Crippen molar-refractivity contribution in [1.29, 1.82) is 0 Å². The Hall–Kier alpha value is -1.43. The fourth-order valence-electron chi connectivity index (χ4n) is 2.20. The Balaban J connectivity index is 2.01. The third-order valence-electron chi connectivity index (χ3n) is 3.19.